The minimum Gasteiger partial charge on any atom is -0.497 e. The van der Waals surface area contributed by atoms with Crippen molar-refractivity contribution in [3.05, 3.63) is 59.8 Å². The molecule has 1 aliphatic heterocycles. The van der Waals surface area contributed by atoms with Crippen LogP contribution in [0.15, 0.2) is 57.9 Å². The zero-order valence-electron chi connectivity index (χ0n) is 16.5. The number of rotatable bonds is 5. The van der Waals surface area contributed by atoms with Crippen molar-refractivity contribution in [2.45, 2.75) is 24.2 Å². The lowest BCUT2D eigenvalue weighted by molar-refractivity contribution is -0.00119. The van der Waals surface area contributed by atoms with Crippen molar-refractivity contribution in [3.8, 4) is 28.7 Å². The summed E-state index contributed by atoms with van der Waals surface area (Å²) in [7, 11) is 1.65. The molecule has 0 fully saturated rings. The van der Waals surface area contributed by atoms with Gasteiger partial charge in [0.25, 0.3) is 5.89 Å². The third-order valence-electron chi connectivity index (χ3n) is 5.06. The lowest BCUT2D eigenvalue weighted by Crippen LogP contribution is -2.22. The highest BCUT2D eigenvalue weighted by atomic mass is 32.2. The average Bonchev–Trinajstić information content (AvgIpc) is 3.46. The highest BCUT2D eigenvalue weighted by Gasteiger charge is 2.28. The molecule has 0 saturated carbocycles. The average molecular weight is 421 g/mol. The van der Waals surface area contributed by atoms with Gasteiger partial charge in [0.1, 0.15) is 11.9 Å². The Morgan fingerprint density at radius 1 is 1.10 bits per heavy atom. The maximum Gasteiger partial charge on any atom is 0.280 e. The van der Waals surface area contributed by atoms with Gasteiger partial charge in [-0.25, -0.2) is 4.68 Å². The molecular weight excluding hydrogens is 402 g/mol. The Labute approximate surface area is 177 Å². The van der Waals surface area contributed by atoms with Gasteiger partial charge in [0.2, 0.25) is 5.82 Å². The number of aromatic nitrogens is 5. The second kappa shape index (κ2) is 7.92. The van der Waals surface area contributed by atoms with Gasteiger partial charge in [-0.3, -0.25) is 0 Å². The molecule has 1 atom stereocenters. The first-order chi connectivity index (χ1) is 14.7. The maximum absolute atomic E-state index is 6.07. The summed E-state index contributed by atoms with van der Waals surface area (Å²) in [5.74, 6) is 1.67. The summed E-state index contributed by atoms with van der Waals surface area (Å²) < 4.78 is 18.6. The van der Waals surface area contributed by atoms with Crippen LogP contribution in [0.1, 0.15) is 17.4 Å². The fraction of sp³-hybridized carbons (Fsp3) is 0.238. The standard InChI is InChI=1S/C21H19N5O3S/c1-27-15-7-3-13(4-8-15)18-11-26-17(12-28-18)19(23-25-26)21-22-20(24-29-21)14-5-9-16(30-2)10-6-14/h3-10,18H,11-12H2,1-2H3/t18-/m0/s1. The maximum atomic E-state index is 6.07. The largest absolute Gasteiger partial charge is 0.497 e. The second-order valence-electron chi connectivity index (χ2n) is 6.79. The fourth-order valence-electron chi connectivity index (χ4n) is 3.37. The van der Waals surface area contributed by atoms with E-state index in [1.54, 1.807) is 18.9 Å². The minimum atomic E-state index is -0.105. The molecule has 0 unspecified atom stereocenters. The highest BCUT2D eigenvalue weighted by molar-refractivity contribution is 7.98. The van der Waals surface area contributed by atoms with Crippen LogP contribution in [0.5, 0.6) is 5.75 Å². The molecule has 0 aliphatic carbocycles. The third kappa shape index (κ3) is 3.46. The molecule has 0 amide bonds. The van der Waals surface area contributed by atoms with Crippen LogP contribution in [0.4, 0.5) is 0 Å². The second-order valence-corrected chi connectivity index (χ2v) is 7.67. The zero-order chi connectivity index (χ0) is 20.5. The monoisotopic (exact) mass is 421 g/mol. The molecule has 4 aromatic rings. The van der Waals surface area contributed by atoms with Gasteiger partial charge in [0.05, 0.1) is 26.0 Å². The first-order valence-electron chi connectivity index (χ1n) is 9.41. The van der Waals surface area contributed by atoms with Crippen LogP contribution in [0, 0.1) is 0 Å². The van der Waals surface area contributed by atoms with E-state index < -0.39 is 0 Å². The summed E-state index contributed by atoms with van der Waals surface area (Å²) in [4.78, 5) is 5.69. The Kier molecular flexibility index (Phi) is 4.97. The molecule has 152 valence electrons. The normalized spacial score (nSPS) is 15.7. The first kappa shape index (κ1) is 18.8. The van der Waals surface area contributed by atoms with Crippen molar-refractivity contribution in [2.75, 3.05) is 13.4 Å². The highest BCUT2D eigenvalue weighted by Crippen LogP contribution is 2.31. The Hall–Kier alpha value is -3.17. The lowest BCUT2D eigenvalue weighted by atomic mass is 10.1. The summed E-state index contributed by atoms with van der Waals surface area (Å²) in [6, 6.07) is 15.9. The number of hydrogen-bond acceptors (Lipinski definition) is 8. The molecule has 0 N–H and O–H groups in total. The molecule has 8 nitrogen and oxygen atoms in total. The van der Waals surface area contributed by atoms with E-state index in [0.717, 1.165) is 22.6 Å². The predicted octanol–water partition coefficient (Wildman–Crippen LogP) is 4.00. The summed E-state index contributed by atoms with van der Waals surface area (Å²) >= 11 is 1.69. The third-order valence-corrected chi connectivity index (χ3v) is 5.81. The van der Waals surface area contributed by atoms with Crippen LogP contribution in [-0.4, -0.2) is 38.5 Å². The number of hydrogen-bond donors (Lipinski definition) is 0. The van der Waals surface area contributed by atoms with E-state index in [2.05, 4.69) is 20.5 Å². The van der Waals surface area contributed by atoms with E-state index in [4.69, 9.17) is 14.0 Å². The smallest absolute Gasteiger partial charge is 0.280 e. The van der Waals surface area contributed by atoms with Crippen LogP contribution in [0.2, 0.25) is 0 Å². The van der Waals surface area contributed by atoms with Crippen molar-refractivity contribution in [3.63, 3.8) is 0 Å². The van der Waals surface area contributed by atoms with Gasteiger partial charge in [0, 0.05) is 10.5 Å². The van der Waals surface area contributed by atoms with E-state index in [1.807, 2.05) is 59.5 Å². The summed E-state index contributed by atoms with van der Waals surface area (Å²) in [6.45, 7) is 0.922. The zero-order valence-corrected chi connectivity index (χ0v) is 17.3. The number of thioether (sulfide) groups is 1. The molecular formula is C21H19N5O3S. The van der Waals surface area contributed by atoms with Crippen LogP contribution in [-0.2, 0) is 17.9 Å². The predicted molar refractivity (Wildman–Crippen MR) is 111 cm³/mol. The van der Waals surface area contributed by atoms with Crippen LogP contribution >= 0.6 is 11.8 Å². The van der Waals surface area contributed by atoms with Crippen molar-refractivity contribution < 1.29 is 14.0 Å². The SMILES string of the molecule is COc1ccc([C@@H]2Cn3nnc(-c4nc(-c5ccc(SC)cc5)no4)c3CO2)cc1. The first-order valence-corrected chi connectivity index (χ1v) is 10.6. The van der Waals surface area contributed by atoms with Crippen molar-refractivity contribution in [1.82, 2.24) is 25.1 Å². The topological polar surface area (TPSA) is 88.1 Å². The summed E-state index contributed by atoms with van der Waals surface area (Å²) in [5.41, 5.74) is 3.34. The van der Waals surface area contributed by atoms with Crippen LogP contribution in [0.25, 0.3) is 23.0 Å². The van der Waals surface area contributed by atoms with E-state index in [1.165, 1.54) is 4.90 Å². The van der Waals surface area contributed by atoms with Crippen LogP contribution in [0.3, 0.4) is 0 Å². The van der Waals surface area contributed by atoms with Gasteiger partial charge in [-0.2, -0.15) is 4.98 Å². The summed E-state index contributed by atoms with van der Waals surface area (Å²) in [5, 5.41) is 12.7. The number of ether oxygens (including phenoxy) is 2. The number of methoxy groups -OCH3 is 1. The van der Waals surface area contributed by atoms with E-state index in [-0.39, 0.29) is 6.10 Å². The van der Waals surface area contributed by atoms with Crippen LogP contribution < -0.4 is 4.74 Å². The van der Waals surface area contributed by atoms with Gasteiger partial charge in [0.15, 0.2) is 5.69 Å². The number of nitrogens with zero attached hydrogens (tertiary/aromatic N) is 5. The lowest BCUT2D eigenvalue weighted by Gasteiger charge is -2.24. The van der Waals surface area contributed by atoms with Crippen molar-refractivity contribution in [2.24, 2.45) is 0 Å². The molecule has 30 heavy (non-hydrogen) atoms. The quantitative estimate of drug-likeness (QED) is 0.447. The van der Waals surface area contributed by atoms with Gasteiger partial charge in [-0.1, -0.05) is 22.5 Å². The molecule has 0 saturated heterocycles. The molecule has 1 aliphatic rings. The van der Waals surface area contributed by atoms with Gasteiger partial charge in [-0.15, -0.1) is 16.9 Å². The minimum absolute atomic E-state index is 0.105. The fourth-order valence-corrected chi connectivity index (χ4v) is 3.78. The molecule has 0 spiro atoms. The Balaban J connectivity index is 1.37. The van der Waals surface area contributed by atoms with Crippen molar-refractivity contribution >= 4 is 11.8 Å². The molecule has 2 aromatic carbocycles. The Bertz CT molecular complexity index is 1150. The molecule has 3 heterocycles. The van der Waals surface area contributed by atoms with Gasteiger partial charge < -0.3 is 14.0 Å². The molecule has 9 heteroatoms. The summed E-state index contributed by atoms with van der Waals surface area (Å²) in [6.07, 6.45) is 1.93. The van der Waals surface area contributed by atoms with E-state index in [0.29, 0.717) is 30.6 Å². The Morgan fingerprint density at radius 3 is 2.63 bits per heavy atom. The Morgan fingerprint density at radius 2 is 1.90 bits per heavy atom. The molecule has 0 bridgehead atoms. The molecule has 2 aromatic heterocycles. The van der Waals surface area contributed by atoms with Crippen molar-refractivity contribution in [1.29, 1.82) is 0 Å². The molecule has 5 rings (SSSR count). The number of fused-ring (bicyclic) bond motifs is 1. The molecule has 0 radical (unpaired) electrons. The van der Waals surface area contributed by atoms with Gasteiger partial charge in [-0.05, 0) is 48.2 Å². The van der Waals surface area contributed by atoms with E-state index in [9.17, 15) is 0 Å². The van der Waals surface area contributed by atoms with E-state index >= 15 is 0 Å². The number of benzene rings is 2. The van der Waals surface area contributed by atoms with Gasteiger partial charge >= 0.3 is 0 Å².